The van der Waals surface area contributed by atoms with Gasteiger partial charge in [-0.2, -0.15) is 0 Å². The molecule has 3 rings (SSSR count). The van der Waals surface area contributed by atoms with Crippen LogP contribution in [-0.4, -0.2) is 0 Å². The van der Waals surface area contributed by atoms with E-state index in [1.807, 2.05) is 11.3 Å². The summed E-state index contributed by atoms with van der Waals surface area (Å²) < 4.78 is 1.17. The minimum absolute atomic E-state index is 0.152. The third-order valence-electron chi connectivity index (χ3n) is 3.43. The van der Waals surface area contributed by atoms with Crippen LogP contribution in [0.4, 0.5) is 0 Å². The van der Waals surface area contributed by atoms with Crippen molar-refractivity contribution in [3.05, 3.63) is 44.7 Å². The van der Waals surface area contributed by atoms with Gasteiger partial charge < -0.3 is 0 Å². The largest absolute Gasteiger partial charge is 0.140 e. The summed E-state index contributed by atoms with van der Waals surface area (Å²) in [6.45, 7) is 6.82. The van der Waals surface area contributed by atoms with E-state index in [0.717, 1.165) is 0 Å². The van der Waals surface area contributed by atoms with Gasteiger partial charge in [0.1, 0.15) is 0 Å². The van der Waals surface area contributed by atoms with Crippen LogP contribution in [0.5, 0.6) is 0 Å². The van der Waals surface area contributed by atoms with Gasteiger partial charge in [-0.05, 0) is 41.8 Å². The second kappa shape index (κ2) is 3.21. The van der Waals surface area contributed by atoms with E-state index in [1.54, 1.807) is 0 Å². The Morgan fingerprint density at radius 3 is 2.62 bits per heavy atom. The summed E-state index contributed by atoms with van der Waals surface area (Å²) in [5.74, 6) is 0. The van der Waals surface area contributed by atoms with Gasteiger partial charge in [-0.3, -0.25) is 0 Å². The van der Waals surface area contributed by atoms with Crippen LogP contribution in [0.25, 0.3) is 10.4 Å². The highest BCUT2D eigenvalue weighted by Crippen LogP contribution is 2.52. The minimum atomic E-state index is 0.152. The molecule has 0 saturated carbocycles. The Labute approximate surface area is 108 Å². The molecule has 0 atom stereocenters. The van der Waals surface area contributed by atoms with Gasteiger partial charge in [-0.25, -0.2) is 0 Å². The van der Waals surface area contributed by atoms with E-state index in [-0.39, 0.29) is 5.41 Å². The molecule has 82 valence electrons. The van der Waals surface area contributed by atoms with Crippen molar-refractivity contribution in [2.75, 3.05) is 0 Å². The molecule has 16 heavy (non-hydrogen) atoms. The summed E-state index contributed by atoms with van der Waals surface area (Å²) in [7, 11) is 0. The van der Waals surface area contributed by atoms with Gasteiger partial charge >= 0.3 is 0 Å². The quantitative estimate of drug-likeness (QED) is 0.632. The molecule has 1 aromatic carbocycles. The summed E-state index contributed by atoms with van der Waals surface area (Å²) in [5.41, 5.74) is 4.51. The van der Waals surface area contributed by atoms with Crippen molar-refractivity contribution < 1.29 is 0 Å². The molecule has 2 heteroatoms. The lowest BCUT2D eigenvalue weighted by atomic mass is 9.83. The summed E-state index contributed by atoms with van der Waals surface area (Å²) in [4.78, 5) is 2.87. The monoisotopic (exact) mass is 292 g/mol. The van der Waals surface area contributed by atoms with E-state index in [1.165, 1.54) is 30.9 Å². The molecular weight excluding hydrogens is 280 g/mol. The molecule has 0 aliphatic heterocycles. The van der Waals surface area contributed by atoms with Crippen LogP contribution in [0.1, 0.15) is 29.9 Å². The van der Waals surface area contributed by atoms with E-state index in [2.05, 4.69) is 61.0 Å². The maximum Gasteiger partial charge on any atom is 0.0389 e. The van der Waals surface area contributed by atoms with Gasteiger partial charge in [0.15, 0.2) is 0 Å². The molecule has 1 aromatic heterocycles. The van der Waals surface area contributed by atoms with Gasteiger partial charge in [0, 0.05) is 19.6 Å². The summed E-state index contributed by atoms with van der Waals surface area (Å²) in [6, 6.07) is 8.98. The number of hydrogen-bond acceptors (Lipinski definition) is 1. The van der Waals surface area contributed by atoms with Crippen LogP contribution in [0.2, 0.25) is 0 Å². The molecule has 0 nitrogen and oxygen atoms in total. The second-order valence-corrected chi connectivity index (χ2v) is 7.09. The lowest BCUT2D eigenvalue weighted by Crippen LogP contribution is -2.14. The molecule has 0 bridgehead atoms. The molecule has 0 N–H and O–H groups in total. The van der Waals surface area contributed by atoms with Crippen molar-refractivity contribution in [1.82, 2.24) is 0 Å². The highest BCUT2D eigenvalue weighted by molar-refractivity contribution is 9.10. The standard InChI is InChI=1S/C14H13BrS/c1-8-6-12-13(16-8)10-5-4-9(15)7-11(10)14(12,2)3/h4-7H,1-3H3. The molecule has 0 unspecified atom stereocenters. The van der Waals surface area contributed by atoms with E-state index in [0.29, 0.717) is 0 Å². The van der Waals surface area contributed by atoms with Crippen molar-refractivity contribution >= 4 is 27.3 Å². The van der Waals surface area contributed by atoms with Crippen molar-refractivity contribution in [2.24, 2.45) is 0 Å². The number of thiophene rings is 1. The maximum absolute atomic E-state index is 3.57. The van der Waals surface area contributed by atoms with Crippen LogP contribution in [0, 0.1) is 6.92 Å². The number of rotatable bonds is 0. The smallest absolute Gasteiger partial charge is 0.0389 e. The zero-order valence-electron chi connectivity index (χ0n) is 9.60. The zero-order valence-corrected chi connectivity index (χ0v) is 12.0. The van der Waals surface area contributed by atoms with Crippen LogP contribution >= 0.6 is 27.3 Å². The van der Waals surface area contributed by atoms with E-state index < -0.39 is 0 Å². The summed E-state index contributed by atoms with van der Waals surface area (Å²) in [6.07, 6.45) is 0. The van der Waals surface area contributed by atoms with Gasteiger partial charge in [0.25, 0.3) is 0 Å². The van der Waals surface area contributed by atoms with Crippen molar-refractivity contribution in [3.63, 3.8) is 0 Å². The molecular formula is C14H13BrS. The Hall–Kier alpha value is -0.600. The van der Waals surface area contributed by atoms with Crippen LogP contribution in [0.15, 0.2) is 28.7 Å². The fourth-order valence-corrected chi connectivity index (χ4v) is 4.13. The topological polar surface area (TPSA) is 0 Å². The molecule has 0 spiro atoms. The molecule has 2 aromatic rings. The lowest BCUT2D eigenvalue weighted by Gasteiger charge is -2.20. The second-order valence-electron chi connectivity index (χ2n) is 4.91. The Balaban J connectivity index is 2.37. The summed E-state index contributed by atoms with van der Waals surface area (Å²) >= 11 is 5.48. The Morgan fingerprint density at radius 1 is 1.12 bits per heavy atom. The molecule has 0 radical (unpaired) electrons. The first-order chi connectivity index (χ1) is 7.50. The van der Waals surface area contributed by atoms with E-state index in [9.17, 15) is 0 Å². The number of fused-ring (bicyclic) bond motifs is 3. The Kier molecular flexibility index (Phi) is 2.11. The Bertz CT molecular complexity index is 578. The number of benzene rings is 1. The molecule has 0 saturated heterocycles. The average Bonchev–Trinajstić information content (AvgIpc) is 2.67. The third-order valence-corrected chi connectivity index (χ3v) is 5.01. The summed E-state index contributed by atoms with van der Waals surface area (Å²) in [5, 5.41) is 0. The first-order valence-electron chi connectivity index (χ1n) is 5.41. The fraction of sp³-hybridized carbons (Fsp3) is 0.286. The molecule has 1 aliphatic carbocycles. The van der Waals surface area contributed by atoms with Crippen molar-refractivity contribution in [2.45, 2.75) is 26.2 Å². The van der Waals surface area contributed by atoms with E-state index >= 15 is 0 Å². The SMILES string of the molecule is Cc1cc2c(s1)-c1ccc(Br)cc1C2(C)C. The zero-order chi connectivity index (χ0) is 11.5. The van der Waals surface area contributed by atoms with E-state index in [4.69, 9.17) is 0 Å². The van der Waals surface area contributed by atoms with Gasteiger partial charge in [-0.15, -0.1) is 11.3 Å². The first kappa shape index (κ1) is 10.5. The number of halogens is 1. The lowest BCUT2D eigenvalue weighted by molar-refractivity contribution is 0.661. The van der Waals surface area contributed by atoms with Gasteiger partial charge in [-0.1, -0.05) is 35.8 Å². The predicted octanol–water partition coefficient (Wildman–Crippen LogP) is 5.13. The predicted molar refractivity (Wildman–Crippen MR) is 74.3 cm³/mol. The minimum Gasteiger partial charge on any atom is -0.140 e. The Morgan fingerprint density at radius 2 is 1.88 bits per heavy atom. The number of aryl methyl sites for hydroxylation is 1. The van der Waals surface area contributed by atoms with Crippen molar-refractivity contribution in [3.8, 4) is 10.4 Å². The maximum atomic E-state index is 3.57. The number of hydrogen-bond donors (Lipinski definition) is 0. The average molecular weight is 293 g/mol. The normalized spacial score (nSPS) is 16.0. The third kappa shape index (κ3) is 1.26. The van der Waals surface area contributed by atoms with Crippen LogP contribution < -0.4 is 0 Å². The van der Waals surface area contributed by atoms with Crippen LogP contribution in [-0.2, 0) is 5.41 Å². The molecule has 0 fully saturated rings. The molecule has 1 heterocycles. The van der Waals surface area contributed by atoms with Crippen LogP contribution in [0.3, 0.4) is 0 Å². The van der Waals surface area contributed by atoms with Crippen molar-refractivity contribution in [1.29, 1.82) is 0 Å². The highest BCUT2D eigenvalue weighted by atomic mass is 79.9. The first-order valence-corrected chi connectivity index (χ1v) is 7.02. The molecule has 0 amide bonds. The fourth-order valence-electron chi connectivity index (χ4n) is 2.56. The molecule has 1 aliphatic rings. The van der Waals surface area contributed by atoms with Gasteiger partial charge in [0.05, 0.1) is 0 Å². The highest BCUT2D eigenvalue weighted by Gasteiger charge is 2.36. The van der Waals surface area contributed by atoms with Gasteiger partial charge in [0.2, 0.25) is 0 Å².